The van der Waals surface area contributed by atoms with E-state index in [1.807, 2.05) is 44.2 Å². The number of hydrogen-bond acceptors (Lipinski definition) is 17. The Labute approximate surface area is 428 Å². The molecule has 4 fully saturated rings. The number of fused-ring (bicyclic) bond motifs is 5. The standard InChI is InChI=1S/C55H76N2O16/c1-32(2)13-20-44(60)33(3)55(57-65)46(26-43-41-19-16-37-25-40(71-52(64)56-27-35-11-9-8-10-12-35)21-23-53(37,5)42(41)22-24-54(43,55)6)72-47(31-67-34(4)58)68-28-38(59)29-69-51-49(48(62)45(61)30-70-51)73-50(63)36-14-17-39(66-7)18-15-36/h8-12,14-18,32-33,38,40-43,45-49,51,59,61-62H,13,19-31H2,1-7H3,(H,56,64)/t33-,38?,40?,41?,42?,43+,45?,46?,47?,48?,49?,51?,53?,54?,55-/m1/s1. The van der Waals surface area contributed by atoms with Gasteiger partial charge in [0.15, 0.2) is 18.7 Å². The van der Waals surface area contributed by atoms with Gasteiger partial charge < -0.3 is 58.5 Å². The smallest absolute Gasteiger partial charge is 0.407 e. The van der Waals surface area contributed by atoms with Crippen LogP contribution in [0.25, 0.3) is 0 Å². The molecule has 1 saturated heterocycles. The van der Waals surface area contributed by atoms with Crippen LogP contribution in [0.3, 0.4) is 0 Å². The SMILES string of the molecule is COc1ccc(C(=O)OC2C(OCC(O)COC(COC(C)=O)OC3C[C@H]4C5CC=C6CC(OC(=O)NCc7ccccc7)CCC6(C)C5CCC4(C)[C@@]3(N=O)[C@H](C)C(=O)CCC(C)C)OCC(O)C2O)cc1. The molecule has 2 aromatic carbocycles. The molecule has 7 rings (SSSR count). The molecule has 3 saturated carbocycles. The summed E-state index contributed by atoms with van der Waals surface area (Å²) in [4.78, 5) is 66.5. The predicted molar refractivity (Wildman–Crippen MR) is 265 cm³/mol. The number of aliphatic hydroxyl groups excluding tert-OH is 3. The number of aliphatic hydroxyl groups is 3. The summed E-state index contributed by atoms with van der Waals surface area (Å²) in [6.45, 7) is 10.2. The van der Waals surface area contributed by atoms with E-state index in [1.165, 1.54) is 31.7 Å². The summed E-state index contributed by atoms with van der Waals surface area (Å²) in [6, 6.07) is 15.7. The molecular formula is C55H76N2O16. The zero-order valence-corrected chi connectivity index (χ0v) is 43.3. The molecule has 18 nitrogen and oxygen atoms in total. The molecule has 5 aliphatic rings. The second kappa shape index (κ2) is 24.2. The van der Waals surface area contributed by atoms with Crippen LogP contribution >= 0.6 is 0 Å². The number of nitrogens with zero attached hydrogens (tertiary/aromatic N) is 1. The third-order valence-electron chi connectivity index (χ3n) is 16.8. The molecule has 0 bridgehead atoms. The van der Waals surface area contributed by atoms with Crippen molar-refractivity contribution in [3.63, 3.8) is 0 Å². The lowest BCUT2D eigenvalue weighted by atomic mass is 9.46. The van der Waals surface area contributed by atoms with Gasteiger partial charge in [0.05, 0.1) is 38.6 Å². The van der Waals surface area contributed by atoms with Crippen molar-refractivity contribution in [1.82, 2.24) is 5.32 Å². The predicted octanol–water partition coefficient (Wildman–Crippen LogP) is 6.98. The summed E-state index contributed by atoms with van der Waals surface area (Å²) in [5.41, 5.74) is -0.103. The number of nitroso groups, excluding NO2 is 1. The van der Waals surface area contributed by atoms with Crippen molar-refractivity contribution in [3.05, 3.63) is 82.3 Å². The normalized spacial score (nSPS) is 32.9. The zero-order chi connectivity index (χ0) is 52.7. The number of carbonyl (C=O) groups excluding carboxylic acids is 4. The van der Waals surface area contributed by atoms with Crippen molar-refractivity contribution in [2.24, 2.45) is 45.6 Å². The Bertz CT molecular complexity index is 2240. The van der Waals surface area contributed by atoms with Gasteiger partial charge in [-0.15, -0.1) is 0 Å². The van der Waals surface area contributed by atoms with Gasteiger partial charge in [0.25, 0.3) is 0 Å². The molecule has 12 unspecified atom stereocenters. The van der Waals surface area contributed by atoms with Crippen LogP contribution in [0.1, 0.15) is 115 Å². The van der Waals surface area contributed by atoms with Crippen LogP contribution in [0, 0.1) is 45.3 Å². The van der Waals surface area contributed by atoms with Crippen LogP contribution in [-0.4, -0.2) is 127 Å². The van der Waals surface area contributed by atoms with Gasteiger partial charge in [-0.2, -0.15) is 4.91 Å². The van der Waals surface area contributed by atoms with Gasteiger partial charge in [-0.05, 0) is 104 Å². The van der Waals surface area contributed by atoms with Gasteiger partial charge in [0.1, 0.15) is 48.1 Å². The maximum absolute atomic E-state index is 14.3. The highest BCUT2D eigenvalue weighted by atomic mass is 16.7. The first-order valence-corrected chi connectivity index (χ1v) is 25.9. The lowest BCUT2D eigenvalue weighted by molar-refractivity contribution is -0.277. The number of ether oxygens (including phenoxy) is 8. The van der Waals surface area contributed by atoms with Gasteiger partial charge in [0.2, 0.25) is 0 Å². The van der Waals surface area contributed by atoms with Gasteiger partial charge in [-0.3, -0.25) is 9.59 Å². The fraction of sp³-hybridized carbons (Fsp3) is 0.673. The maximum Gasteiger partial charge on any atom is 0.407 e. The topological polar surface area (TPSA) is 244 Å². The number of alkyl carbamates (subject to hydrolysis) is 1. The molecule has 1 aliphatic heterocycles. The number of amides is 1. The summed E-state index contributed by atoms with van der Waals surface area (Å²) >= 11 is 0. The zero-order valence-electron chi connectivity index (χ0n) is 43.3. The first-order chi connectivity index (χ1) is 34.8. The lowest BCUT2D eigenvalue weighted by Gasteiger charge is -2.59. The molecule has 2 aromatic rings. The number of rotatable bonds is 22. The first kappa shape index (κ1) is 55.9. The number of esters is 2. The average Bonchev–Trinajstić information content (AvgIpc) is 3.64. The fourth-order valence-corrected chi connectivity index (χ4v) is 12.7. The largest absolute Gasteiger partial charge is 0.497 e. The average molecular weight is 1020 g/mol. The van der Waals surface area contributed by atoms with Gasteiger partial charge in [0, 0.05) is 37.6 Å². The molecule has 1 amide bonds. The number of hydrogen-bond donors (Lipinski definition) is 4. The summed E-state index contributed by atoms with van der Waals surface area (Å²) < 4.78 is 46.4. The third-order valence-corrected chi connectivity index (χ3v) is 16.8. The monoisotopic (exact) mass is 1020 g/mol. The summed E-state index contributed by atoms with van der Waals surface area (Å²) in [7, 11) is 1.48. The van der Waals surface area contributed by atoms with Crippen LogP contribution in [-0.2, 0) is 49.3 Å². The van der Waals surface area contributed by atoms with Crippen molar-refractivity contribution >= 4 is 23.8 Å². The highest BCUT2D eigenvalue weighted by Gasteiger charge is 2.72. The molecule has 0 radical (unpaired) electrons. The number of benzene rings is 2. The second-order valence-corrected chi connectivity index (χ2v) is 21.6. The number of nitrogens with one attached hydrogen (secondary N) is 1. The van der Waals surface area contributed by atoms with Gasteiger partial charge in [-0.25, -0.2) is 9.59 Å². The van der Waals surface area contributed by atoms with E-state index in [9.17, 15) is 39.4 Å². The summed E-state index contributed by atoms with van der Waals surface area (Å²) in [6.07, 6.45) is -2.36. The molecule has 18 heteroatoms. The minimum absolute atomic E-state index is 0.0876. The molecule has 0 aromatic heterocycles. The van der Waals surface area contributed by atoms with Crippen molar-refractivity contribution in [1.29, 1.82) is 0 Å². The molecular weight excluding hydrogens is 945 g/mol. The van der Waals surface area contributed by atoms with Gasteiger partial charge in [-0.1, -0.05) is 81.8 Å². The summed E-state index contributed by atoms with van der Waals surface area (Å²) in [5.74, 6) is -1.37. The Kier molecular flexibility index (Phi) is 18.6. The molecule has 73 heavy (non-hydrogen) atoms. The Balaban J connectivity index is 1.06. The van der Waals surface area contributed by atoms with Crippen LogP contribution in [0.4, 0.5) is 4.79 Å². The van der Waals surface area contributed by atoms with Crippen LogP contribution in [0.15, 0.2) is 71.4 Å². The van der Waals surface area contributed by atoms with Crippen molar-refractivity contribution in [2.45, 2.75) is 161 Å². The van der Waals surface area contributed by atoms with E-state index in [2.05, 4.69) is 30.4 Å². The minimum atomic E-state index is -1.58. The summed E-state index contributed by atoms with van der Waals surface area (Å²) in [5, 5.41) is 39.3. The van der Waals surface area contributed by atoms with Crippen LogP contribution in [0.2, 0.25) is 0 Å². The Morgan fingerprint density at radius 1 is 0.932 bits per heavy atom. The highest BCUT2D eigenvalue weighted by Crippen LogP contribution is 2.70. The second-order valence-electron chi connectivity index (χ2n) is 21.6. The Morgan fingerprint density at radius 3 is 2.36 bits per heavy atom. The molecule has 402 valence electrons. The minimum Gasteiger partial charge on any atom is -0.497 e. The molecule has 1 heterocycles. The van der Waals surface area contributed by atoms with E-state index < -0.39 is 97.8 Å². The number of Topliss-reactive ketones (excluding diaryl/α,β-unsaturated/α-hetero) is 1. The van der Waals surface area contributed by atoms with E-state index in [0.29, 0.717) is 44.4 Å². The van der Waals surface area contributed by atoms with E-state index in [0.717, 1.165) is 24.8 Å². The van der Waals surface area contributed by atoms with E-state index in [4.69, 9.17) is 37.9 Å². The van der Waals surface area contributed by atoms with Crippen LogP contribution < -0.4 is 10.1 Å². The number of carbonyl (C=O) groups is 4. The van der Waals surface area contributed by atoms with Gasteiger partial charge >= 0.3 is 18.0 Å². The molecule has 15 atom stereocenters. The molecule has 4 N–H and O–H groups in total. The third kappa shape index (κ3) is 12.3. The quantitative estimate of drug-likeness (QED) is 0.0306. The van der Waals surface area contributed by atoms with E-state index in [1.54, 1.807) is 19.1 Å². The van der Waals surface area contributed by atoms with Crippen molar-refractivity contribution in [2.75, 3.05) is 33.5 Å². The van der Waals surface area contributed by atoms with E-state index >= 15 is 0 Å². The number of methoxy groups -OCH3 is 1. The van der Waals surface area contributed by atoms with Crippen molar-refractivity contribution in [3.8, 4) is 5.75 Å². The fourth-order valence-electron chi connectivity index (χ4n) is 12.7. The van der Waals surface area contributed by atoms with Crippen LogP contribution in [0.5, 0.6) is 5.75 Å². The molecule has 0 spiro atoms. The lowest BCUT2D eigenvalue weighted by Crippen LogP contribution is -2.60. The Morgan fingerprint density at radius 2 is 1.67 bits per heavy atom. The number of ketones is 1. The first-order valence-electron chi connectivity index (χ1n) is 25.9. The van der Waals surface area contributed by atoms with Crippen molar-refractivity contribution < 1.29 is 72.4 Å². The highest BCUT2D eigenvalue weighted by molar-refractivity contribution is 5.89. The number of allylic oxidation sites excluding steroid dienone is 1. The Hall–Kier alpha value is -4.82. The molecule has 4 aliphatic carbocycles. The maximum atomic E-state index is 14.3. The van der Waals surface area contributed by atoms with E-state index in [-0.39, 0.29) is 59.6 Å².